The average molecular weight is 316 g/mol. The van der Waals surface area contributed by atoms with Gasteiger partial charge in [0.15, 0.2) is 0 Å². The molecule has 1 aliphatic carbocycles. The molecule has 1 aromatic carbocycles. The van der Waals surface area contributed by atoms with Gasteiger partial charge in [0.05, 0.1) is 18.2 Å². The Labute approximate surface area is 136 Å². The third kappa shape index (κ3) is 3.89. The predicted octanol–water partition coefficient (Wildman–Crippen LogP) is 2.68. The second-order valence-electron chi connectivity index (χ2n) is 6.29. The van der Waals surface area contributed by atoms with Crippen molar-refractivity contribution in [1.82, 2.24) is 10.2 Å². The number of nitrogens with two attached hydrogens (primary N) is 1. The highest BCUT2D eigenvalue weighted by molar-refractivity contribution is 5.26. The van der Waals surface area contributed by atoms with Crippen LogP contribution in [0.25, 0.3) is 0 Å². The van der Waals surface area contributed by atoms with Crippen LogP contribution in [0.3, 0.4) is 0 Å². The molecule has 1 aromatic heterocycles. The quantitative estimate of drug-likeness (QED) is 0.817. The monoisotopic (exact) mass is 316 g/mol. The van der Waals surface area contributed by atoms with Gasteiger partial charge in [-0.25, -0.2) is 0 Å². The van der Waals surface area contributed by atoms with E-state index in [1.165, 1.54) is 12.8 Å². The molecule has 23 heavy (non-hydrogen) atoms. The normalized spacial score (nSPS) is 18.0. The van der Waals surface area contributed by atoms with E-state index in [2.05, 4.69) is 15.5 Å². The number of nitrogens with zero attached hydrogens (tertiary/aromatic N) is 2. The van der Waals surface area contributed by atoms with Crippen LogP contribution in [-0.2, 0) is 11.2 Å². The summed E-state index contributed by atoms with van der Waals surface area (Å²) in [4.78, 5) is 0. The fourth-order valence-corrected chi connectivity index (χ4v) is 3.25. The van der Waals surface area contributed by atoms with Crippen LogP contribution in [0.2, 0.25) is 0 Å². The second kappa shape index (κ2) is 7.10. The molecule has 3 rings (SSSR count). The van der Waals surface area contributed by atoms with Gasteiger partial charge >= 0.3 is 6.01 Å². The number of ether oxygens (including phenoxy) is 1. The first kappa shape index (κ1) is 16.0. The Morgan fingerprint density at radius 2 is 2.00 bits per heavy atom. The van der Waals surface area contributed by atoms with Crippen molar-refractivity contribution >= 4 is 6.01 Å². The maximum absolute atomic E-state index is 6.19. The fraction of sp³-hybridized carbons (Fsp3) is 0.529. The first-order chi connectivity index (χ1) is 11.2. The maximum atomic E-state index is 6.19. The molecule has 0 radical (unpaired) electrons. The van der Waals surface area contributed by atoms with Gasteiger partial charge in [-0.15, -0.1) is 5.10 Å². The van der Waals surface area contributed by atoms with Crippen molar-refractivity contribution in [2.24, 2.45) is 5.73 Å². The fourth-order valence-electron chi connectivity index (χ4n) is 3.25. The molecule has 1 aliphatic rings. The Kier molecular flexibility index (Phi) is 4.93. The molecule has 2 aromatic rings. The molecule has 0 amide bonds. The van der Waals surface area contributed by atoms with E-state index in [1.807, 2.05) is 30.3 Å². The maximum Gasteiger partial charge on any atom is 0.316 e. The van der Waals surface area contributed by atoms with Crippen molar-refractivity contribution in [2.45, 2.75) is 43.7 Å². The van der Waals surface area contributed by atoms with Crippen LogP contribution in [0.1, 0.15) is 43.2 Å². The van der Waals surface area contributed by atoms with E-state index in [9.17, 15) is 0 Å². The molecule has 6 nitrogen and oxygen atoms in total. The number of hydrogen-bond acceptors (Lipinski definition) is 6. The lowest BCUT2D eigenvalue weighted by Gasteiger charge is -2.28. The third-order valence-electron chi connectivity index (χ3n) is 4.41. The number of rotatable bonds is 7. The van der Waals surface area contributed by atoms with Crippen LogP contribution in [0, 0.1) is 0 Å². The first-order valence-electron chi connectivity index (χ1n) is 8.11. The molecule has 0 saturated heterocycles. The summed E-state index contributed by atoms with van der Waals surface area (Å²) in [6, 6.07) is 10.2. The van der Waals surface area contributed by atoms with E-state index < -0.39 is 0 Å². The number of benzene rings is 1. The molecule has 1 heterocycles. The van der Waals surface area contributed by atoms with Crippen molar-refractivity contribution in [3.05, 3.63) is 41.8 Å². The number of aromatic nitrogens is 2. The highest BCUT2D eigenvalue weighted by Crippen LogP contribution is 2.33. The van der Waals surface area contributed by atoms with Crippen molar-refractivity contribution in [3.63, 3.8) is 0 Å². The molecule has 124 valence electrons. The zero-order chi connectivity index (χ0) is 16.1. The van der Waals surface area contributed by atoms with Gasteiger partial charge < -0.3 is 20.2 Å². The van der Waals surface area contributed by atoms with Gasteiger partial charge in [-0.1, -0.05) is 48.3 Å². The molecular weight excluding hydrogens is 292 g/mol. The Hall–Kier alpha value is -1.92. The number of nitrogens with one attached hydrogen (secondary N) is 1. The van der Waals surface area contributed by atoms with Crippen LogP contribution in [0.4, 0.5) is 6.01 Å². The van der Waals surface area contributed by atoms with Gasteiger partial charge in [-0.2, -0.15) is 0 Å². The van der Waals surface area contributed by atoms with Gasteiger partial charge in [-0.05, 0) is 24.8 Å². The smallest absolute Gasteiger partial charge is 0.316 e. The van der Waals surface area contributed by atoms with Gasteiger partial charge in [0.2, 0.25) is 5.89 Å². The lowest BCUT2D eigenvalue weighted by Crippen LogP contribution is -2.39. The summed E-state index contributed by atoms with van der Waals surface area (Å²) in [5.74, 6) is 0.460. The molecule has 1 atom stereocenters. The zero-order valence-electron chi connectivity index (χ0n) is 13.5. The largest absolute Gasteiger partial charge is 0.406 e. The van der Waals surface area contributed by atoms with Crippen molar-refractivity contribution in [3.8, 4) is 0 Å². The first-order valence-corrected chi connectivity index (χ1v) is 8.11. The number of hydrogen-bond donors (Lipinski definition) is 2. The minimum Gasteiger partial charge on any atom is -0.406 e. The van der Waals surface area contributed by atoms with Crippen molar-refractivity contribution in [2.75, 3.05) is 19.0 Å². The van der Waals surface area contributed by atoms with Gasteiger partial charge in [-0.3, -0.25) is 0 Å². The summed E-state index contributed by atoms with van der Waals surface area (Å²) >= 11 is 0. The van der Waals surface area contributed by atoms with Gasteiger partial charge in [0.25, 0.3) is 0 Å². The summed E-state index contributed by atoms with van der Waals surface area (Å²) in [7, 11) is 1.72. The Morgan fingerprint density at radius 1 is 1.26 bits per heavy atom. The van der Waals surface area contributed by atoms with E-state index >= 15 is 0 Å². The van der Waals surface area contributed by atoms with Gasteiger partial charge in [0, 0.05) is 7.11 Å². The Bertz CT molecular complexity index is 608. The van der Waals surface area contributed by atoms with E-state index in [0.717, 1.165) is 18.4 Å². The molecule has 0 spiro atoms. The lowest BCUT2D eigenvalue weighted by molar-refractivity contribution is 0.143. The zero-order valence-corrected chi connectivity index (χ0v) is 13.5. The molecule has 6 heteroatoms. The topological polar surface area (TPSA) is 86.2 Å². The number of anilines is 1. The SMILES string of the molecule is COCC1(Nc2nnc([C@H](N)Cc3ccccc3)o2)CCCC1. The third-order valence-corrected chi connectivity index (χ3v) is 4.41. The molecule has 1 saturated carbocycles. The van der Waals surface area contributed by atoms with Crippen LogP contribution in [-0.4, -0.2) is 29.5 Å². The minimum absolute atomic E-state index is 0.0952. The summed E-state index contributed by atoms with van der Waals surface area (Å²) in [5.41, 5.74) is 7.25. The number of methoxy groups -OCH3 is 1. The summed E-state index contributed by atoms with van der Waals surface area (Å²) in [6.07, 6.45) is 5.14. The Morgan fingerprint density at radius 3 is 2.70 bits per heavy atom. The van der Waals surface area contributed by atoms with Crippen LogP contribution < -0.4 is 11.1 Å². The Balaban J connectivity index is 1.65. The van der Waals surface area contributed by atoms with Crippen LogP contribution in [0.15, 0.2) is 34.7 Å². The second-order valence-corrected chi connectivity index (χ2v) is 6.29. The highest BCUT2D eigenvalue weighted by atomic mass is 16.5. The summed E-state index contributed by atoms with van der Waals surface area (Å²) < 4.78 is 11.1. The molecule has 0 bridgehead atoms. The van der Waals surface area contributed by atoms with E-state index in [-0.39, 0.29) is 11.6 Å². The van der Waals surface area contributed by atoms with Gasteiger partial charge in [0.1, 0.15) is 0 Å². The summed E-state index contributed by atoms with van der Waals surface area (Å²) in [5, 5.41) is 11.6. The molecule has 1 fully saturated rings. The standard InChI is InChI=1S/C17H24N4O2/c1-22-12-17(9-5-6-10-17)19-16-21-20-15(23-16)14(18)11-13-7-3-2-4-8-13/h2-4,7-8,14H,5-6,9-12,18H2,1H3,(H,19,21)/t14-/m1/s1. The van der Waals surface area contributed by atoms with E-state index in [1.54, 1.807) is 7.11 Å². The van der Waals surface area contributed by atoms with Crippen molar-refractivity contribution in [1.29, 1.82) is 0 Å². The van der Waals surface area contributed by atoms with Crippen LogP contribution >= 0.6 is 0 Å². The predicted molar refractivity (Wildman–Crippen MR) is 88.1 cm³/mol. The molecular formula is C17H24N4O2. The highest BCUT2D eigenvalue weighted by Gasteiger charge is 2.35. The summed E-state index contributed by atoms with van der Waals surface area (Å²) in [6.45, 7) is 0.640. The molecule has 0 aliphatic heterocycles. The molecule has 3 N–H and O–H groups in total. The lowest BCUT2D eigenvalue weighted by atomic mass is 9.99. The van der Waals surface area contributed by atoms with E-state index in [0.29, 0.717) is 24.9 Å². The molecule has 0 unspecified atom stereocenters. The minimum atomic E-state index is -0.303. The average Bonchev–Trinajstić information content (AvgIpc) is 3.19. The van der Waals surface area contributed by atoms with Crippen LogP contribution in [0.5, 0.6) is 0 Å². The van der Waals surface area contributed by atoms with Crippen molar-refractivity contribution < 1.29 is 9.15 Å². The van der Waals surface area contributed by atoms with E-state index in [4.69, 9.17) is 14.9 Å².